The van der Waals surface area contributed by atoms with Gasteiger partial charge in [0.05, 0.1) is 5.69 Å². The van der Waals surface area contributed by atoms with E-state index in [0.717, 1.165) is 28.3 Å². The Morgan fingerprint density at radius 1 is 0.388 bits per heavy atom. The highest BCUT2D eigenvalue weighted by atomic mass is 28.3. The van der Waals surface area contributed by atoms with Crippen LogP contribution >= 0.6 is 0 Å². The summed E-state index contributed by atoms with van der Waals surface area (Å²) in [5, 5.41) is 10.5. The molecule has 2 heterocycles. The van der Waals surface area contributed by atoms with Gasteiger partial charge in [0.25, 0.3) is 0 Å². The molecule has 0 atom stereocenters. The van der Waals surface area contributed by atoms with E-state index in [1.165, 1.54) is 32.1 Å². The zero-order valence-corrected chi connectivity index (χ0v) is 27.8. The fourth-order valence-corrected chi connectivity index (χ4v) is 12.5. The third-order valence-corrected chi connectivity index (χ3v) is 14.4. The van der Waals surface area contributed by atoms with Crippen molar-refractivity contribution in [1.82, 2.24) is 14.8 Å². The minimum absolute atomic E-state index is 0.700. The lowest BCUT2D eigenvalue weighted by atomic mass is 10.1. The second-order valence-electron chi connectivity index (χ2n) is 12.3. The van der Waals surface area contributed by atoms with E-state index in [2.05, 4.69) is 163 Å². The third kappa shape index (κ3) is 4.74. The Kier molecular flexibility index (Phi) is 7.10. The van der Waals surface area contributed by atoms with Gasteiger partial charge in [0.1, 0.15) is 0 Å². The Balaban J connectivity index is 1.21. The van der Waals surface area contributed by atoms with Crippen LogP contribution in [0.15, 0.2) is 194 Å². The summed E-state index contributed by atoms with van der Waals surface area (Å²) in [7, 11) is -2.65. The van der Waals surface area contributed by atoms with Gasteiger partial charge in [-0.1, -0.05) is 146 Å². The zero-order valence-electron chi connectivity index (χ0n) is 26.8. The first-order valence-electron chi connectivity index (χ1n) is 16.6. The van der Waals surface area contributed by atoms with Crippen molar-refractivity contribution in [1.29, 1.82) is 0 Å². The van der Waals surface area contributed by atoms with E-state index in [1.807, 2.05) is 41.1 Å². The van der Waals surface area contributed by atoms with Gasteiger partial charge in [-0.15, -0.1) is 5.10 Å². The molecule has 0 bridgehead atoms. The summed E-state index contributed by atoms with van der Waals surface area (Å²) in [6.07, 6.45) is 0. The Morgan fingerprint density at radius 2 is 0.857 bits per heavy atom. The van der Waals surface area contributed by atoms with E-state index in [1.54, 1.807) is 0 Å². The molecule has 1 aliphatic heterocycles. The Hall–Kier alpha value is -6.30. The fourth-order valence-electron chi connectivity index (χ4n) is 7.41. The second kappa shape index (κ2) is 12.1. The van der Waals surface area contributed by atoms with Crippen molar-refractivity contribution < 1.29 is 0 Å². The lowest BCUT2D eigenvalue weighted by Crippen LogP contribution is -2.77. The van der Waals surface area contributed by atoms with E-state index in [0.29, 0.717) is 5.82 Å². The topological polar surface area (TPSA) is 34.0 Å². The van der Waals surface area contributed by atoms with Crippen LogP contribution in [-0.2, 0) is 0 Å². The summed E-state index contributed by atoms with van der Waals surface area (Å²) >= 11 is 0. The first kappa shape index (κ1) is 28.9. The normalized spacial score (nSPS) is 13.0. The first-order valence-corrected chi connectivity index (χ1v) is 18.6. The lowest BCUT2D eigenvalue weighted by Gasteiger charge is -2.45. The molecule has 0 fully saturated rings. The van der Waals surface area contributed by atoms with Crippen LogP contribution in [0.3, 0.4) is 0 Å². The number of benzene rings is 7. The number of para-hydroxylation sites is 3. The zero-order chi connectivity index (χ0) is 32.6. The molecule has 0 saturated carbocycles. The summed E-state index contributed by atoms with van der Waals surface area (Å²) < 4.78 is 1.95. The summed E-state index contributed by atoms with van der Waals surface area (Å²) in [6.45, 7) is 0. The molecular weight excluding hydrogens is 613 g/mol. The predicted octanol–water partition coefficient (Wildman–Crippen LogP) is 7.76. The first-order chi connectivity index (χ1) is 24.3. The molecule has 0 N–H and O–H groups in total. The van der Waals surface area contributed by atoms with Gasteiger partial charge in [-0.25, -0.2) is 9.67 Å². The van der Waals surface area contributed by atoms with Crippen LogP contribution in [0.2, 0.25) is 0 Å². The third-order valence-electron chi connectivity index (χ3n) is 9.54. The standard InChI is InChI=1S/C44H32N4Si/c1-5-17-33(18-6-1)43-45-44(48(46-43)36-19-7-2-8-20-36)34-29-31-35(32-30-34)47-39-25-13-15-27-41(39)49(37-21-9-3-10-22-37,38-23-11-4-12-24-38)42-28-16-14-26-40(42)47/h1-32H. The summed E-state index contributed by atoms with van der Waals surface area (Å²) in [5.41, 5.74) is 6.48. The summed E-state index contributed by atoms with van der Waals surface area (Å²) in [4.78, 5) is 7.50. The van der Waals surface area contributed by atoms with Gasteiger partial charge in [-0.05, 0) is 69.3 Å². The van der Waals surface area contributed by atoms with Gasteiger partial charge in [-0.2, -0.15) is 0 Å². The summed E-state index contributed by atoms with van der Waals surface area (Å²) in [6, 6.07) is 69.4. The average molecular weight is 645 g/mol. The second-order valence-corrected chi connectivity index (χ2v) is 16.0. The highest BCUT2D eigenvalue weighted by molar-refractivity contribution is 7.21. The highest BCUT2D eigenvalue weighted by Crippen LogP contribution is 2.39. The van der Waals surface area contributed by atoms with Crippen LogP contribution in [0.1, 0.15) is 0 Å². The van der Waals surface area contributed by atoms with Gasteiger partial charge in [0, 0.05) is 28.2 Å². The van der Waals surface area contributed by atoms with Crippen LogP contribution in [0.5, 0.6) is 0 Å². The van der Waals surface area contributed by atoms with E-state index in [4.69, 9.17) is 10.1 Å². The highest BCUT2D eigenvalue weighted by Gasteiger charge is 2.48. The molecule has 5 heteroatoms. The maximum absolute atomic E-state index is 5.07. The number of anilines is 3. The van der Waals surface area contributed by atoms with Crippen molar-refractivity contribution in [3.05, 3.63) is 194 Å². The fraction of sp³-hybridized carbons (Fsp3) is 0. The van der Waals surface area contributed by atoms with Crippen molar-refractivity contribution in [3.63, 3.8) is 0 Å². The maximum Gasteiger partial charge on any atom is 0.184 e. The largest absolute Gasteiger partial charge is 0.311 e. The number of aromatic nitrogens is 3. The van der Waals surface area contributed by atoms with Gasteiger partial charge < -0.3 is 4.90 Å². The van der Waals surface area contributed by atoms with Crippen molar-refractivity contribution in [2.45, 2.75) is 0 Å². The van der Waals surface area contributed by atoms with Crippen LogP contribution in [0.4, 0.5) is 17.1 Å². The number of nitrogens with zero attached hydrogens (tertiary/aromatic N) is 4. The molecule has 0 saturated heterocycles. The molecule has 4 nitrogen and oxygen atoms in total. The predicted molar refractivity (Wildman–Crippen MR) is 204 cm³/mol. The molecule has 232 valence electrons. The Bertz CT molecular complexity index is 2280. The van der Waals surface area contributed by atoms with Gasteiger partial charge >= 0.3 is 0 Å². The Morgan fingerprint density at radius 3 is 1.41 bits per heavy atom. The molecular formula is C44H32N4Si. The average Bonchev–Trinajstić information content (AvgIpc) is 3.64. The van der Waals surface area contributed by atoms with E-state index in [9.17, 15) is 0 Å². The molecule has 1 aromatic heterocycles. The quantitative estimate of drug-likeness (QED) is 0.174. The van der Waals surface area contributed by atoms with Gasteiger partial charge in [-0.3, -0.25) is 0 Å². The monoisotopic (exact) mass is 644 g/mol. The van der Waals surface area contributed by atoms with E-state index >= 15 is 0 Å². The molecule has 0 spiro atoms. The number of hydrogen-bond acceptors (Lipinski definition) is 3. The van der Waals surface area contributed by atoms with Gasteiger partial charge in [0.15, 0.2) is 19.7 Å². The van der Waals surface area contributed by atoms with Crippen molar-refractivity contribution in [2.24, 2.45) is 0 Å². The van der Waals surface area contributed by atoms with Gasteiger partial charge in [0.2, 0.25) is 0 Å². The Labute approximate surface area is 287 Å². The van der Waals surface area contributed by atoms with Crippen molar-refractivity contribution >= 4 is 45.9 Å². The molecule has 0 radical (unpaired) electrons. The minimum atomic E-state index is -2.65. The summed E-state index contributed by atoms with van der Waals surface area (Å²) in [5.74, 6) is 1.50. The van der Waals surface area contributed by atoms with Crippen LogP contribution < -0.4 is 25.6 Å². The lowest BCUT2D eigenvalue weighted by molar-refractivity contribution is 0.890. The minimum Gasteiger partial charge on any atom is -0.311 e. The van der Waals surface area contributed by atoms with Crippen LogP contribution in [0, 0.1) is 0 Å². The molecule has 7 aromatic carbocycles. The van der Waals surface area contributed by atoms with Crippen LogP contribution in [0.25, 0.3) is 28.5 Å². The smallest absolute Gasteiger partial charge is 0.184 e. The van der Waals surface area contributed by atoms with E-state index in [-0.39, 0.29) is 0 Å². The molecule has 8 aromatic rings. The SMILES string of the molecule is c1ccc(-c2nc(-c3ccc(N4c5ccccc5[Si](c5ccccc5)(c5ccccc5)c5ccccc54)cc3)n(-c3ccccc3)n2)cc1. The molecule has 49 heavy (non-hydrogen) atoms. The molecule has 9 rings (SSSR count). The number of hydrogen-bond donors (Lipinski definition) is 0. The van der Waals surface area contributed by atoms with Crippen molar-refractivity contribution in [2.75, 3.05) is 4.90 Å². The molecule has 0 unspecified atom stereocenters. The molecule has 0 aliphatic carbocycles. The molecule has 0 amide bonds. The van der Waals surface area contributed by atoms with Crippen LogP contribution in [-0.4, -0.2) is 22.8 Å². The number of fused-ring (bicyclic) bond motifs is 2. The maximum atomic E-state index is 5.07. The number of rotatable bonds is 6. The van der Waals surface area contributed by atoms with E-state index < -0.39 is 8.07 Å². The van der Waals surface area contributed by atoms with Crippen molar-refractivity contribution in [3.8, 4) is 28.5 Å². The molecule has 1 aliphatic rings.